The number of hydrogen-bond acceptors (Lipinski definition) is 5. The van der Waals surface area contributed by atoms with Crippen molar-refractivity contribution < 1.29 is 19.4 Å². The zero-order chi connectivity index (χ0) is 11.0. The Balaban J connectivity index is 3.54. The van der Waals surface area contributed by atoms with Crippen LogP contribution in [-0.2, 0) is 14.3 Å². The molecule has 0 heterocycles. The van der Waals surface area contributed by atoms with Gasteiger partial charge >= 0.3 is 5.97 Å². The molecule has 0 aliphatic rings. The molecule has 0 aromatic carbocycles. The number of carbonyl (C=O) groups is 1. The highest BCUT2D eigenvalue weighted by Gasteiger charge is 2.29. The van der Waals surface area contributed by atoms with Gasteiger partial charge in [0.05, 0.1) is 6.61 Å². The van der Waals surface area contributed by atoms with Crippen LogP contribution < -0.4 is 5.73 Å². The molecule has 0 fully saturated rings. The van der Waals surface area contributed by atoms with E-state index in [4.69, 9.17) is 15.2 Å². The fourth-order valence-electron chi connectivity index (χ4n) is 0.678. The van der Waals surface area contributed by atoms with E-state index in [2.05, 4.69) is 0 Å². The SMILES string of the molecule is CCCOCCOC(=O)C(C)(O)CN. The minimum Gasteiger partial charge on any atom is -0.461 e. The lowest BCUT2D eigenvalue weighted by Gasteiger charge is -2.18. The fraction of sp³-hybridized carbons (Fsp3) is 0.889. The molecule has 0 spiro atoms. The van der Waals surface area contributed by atoms with Crippen molar-refractivity contribution in [2.75, 3.05) is 26.4 Å². The van der Waals surface area contributed by atoms with Gasteiger partial charge in [0.15, 0.2) is 5.60 Å². The van der Waals surface area contributed by atoms with Crippen molar-refractivity contribution in [2.24, 2.45) is 5.73 Å². The predicted molar refractivity (Wildman–Crippen MR) is 51.7 cm³/mol. The predicted octanol–water partition coefficient (Wildman–Crippen LogP) is -0.334. The highest BCUT2D eigenvalue weighted by molar-refractivity contribution is 5.78. The van der Waals surface area contributed by atoms with Gasteiger partial charge in [0, 0.05) is 13.2 Å². The normalized spacial score (nSPS) is 14.9. The molecular formula is C9H19NO4. The van der Waals surface area contributed by atoms with Gasteiger partial charge in [-0.2, -0.15) is 0 Å². The van der Waals surface area contributed by atoms with Crippen molar-refractivity contribution in [3.63, 3.8) is 0 Å². The lowest BCUT2D eigenvalue weighted by Crippen LogP contribution is -2.44. The third-order valence-corrected chi connectivity index (χ3v) is 1.65. The van der Waals surface area contributed by atoms with Crippen molar-refractivity contribution >= 4 is 5.97 Å². The van der Waals surface area contributed by atoms with E-state index >= 15 is 0 Å². The Kier molecular flexibility index (Phi) is 6.44. The smallest absolute Gasteiger partial charge is 0.339 e. The lowest BCUT2D eigenvalue weighted by molar-refractivity contribution is -0.164. The average molecular weight is 205 g/mol. The van der Waals surface area contributed by atoms with Crippen LogP contribution in [0.25, 0.3) is 0 Å². The highest BCUT2D eigenvalue weighted by atomic mass is 16.6. The molecule has 0 rings (SSSR count). The first-order valence-electron chi connectivity index (χ1n) is 4.72. The van der Waals surface area contributed by atoms with Crippen molar-refractivity contribution in [2.45, 2.75) is 25.9 Å². The van der Waals surface area contributed by atoms with E-state index < -0.39 is 11.6 Å². The van der Waals surface area contributed by atoms with Crippen LogP contribution in [0.3, 0.4) is 0 Å². The molecule has 0 aromatic rings. The van der Waals surface area contributed by atoms with Gasteiger partial charge in [-0.3, -0.25) is 0 Å². The monoisotopic (exact) mass is 205 g/mol. The number of nitrogens with two attached hydrogens (primary N) is 1. The summed E-state index contributed by atoms with van der Waals surface area (Å²) in [6.07, 6.45) is 0.925. The summed E-state index contributed by atoms with van der Waals surface area (Å²) in [5, 5.41) is 9.35. The van der Waals surface area contributed by atoms with Crippen molar-refractivity contribution in [3.05, 3.63) is 0 Å². The molecular weight excluding hydrogens is 186 g/mol. The van der Waals surface area contributed by atoms with E-state index in [1.54, 1.807) is 0 Å². The van der Waals surface area contributed by atoms with E-state index in [0.717, 1.165) is 6.42 Å². The van der Waals surface area contributed by atoms with Crippen LogP contribution in [0.2, 0.25) is 0 Å². The van der Waals surface area contributed by atoms with Crippen molar-refractivity contribution in [3.8, 4) is 0 Å². The molecule has 0 saturated heterocycles. The molecule has 84 valence electrons. The number of carbonyl (C=O) groups excluding carboxylic acids is 1. The van der Waals surface area contributed by atoms with E-state index in [1.807, 2.05) is 6.92 Å². The zero-order valence-corrected chi connectivity index (χ0v) is 8.78. The van der Waals surface area contributed by atoms with Crippen LogP contribution >= 0.6 is 0 Å². The van der Waals surface area contributed by atoms with Crippen LogP contribution in [0.5, 0.6) is 0 Å². The average Bonchev–Trinajstić information content (AvgIpc) is 2.17. The second-order valence-corrected chi connectivity index (χ2v) is 3.23. The Labute approximate surface area is 84.2 Å². The maximum absolute atomic E-state index is 11.1. The minimum atomic E-state index is -1.59. The maximum atomic E-state index is 11.1. The number of hydrogen-bond donors (Lipinski definition) is 2. The molecule has 0 saturated carbocycles. The van der Waals surface area contributed by atoms with Gasteiger partial charge in [-0.15, -0.1) is 0 Å². The Bertz CT molecular complexity index is 170. The molecule has 0 aliphatic heterocycles. The summed E-state index contributed by atoms with van der Waals surface area (Å²) in [6, 6.07) is 0. The molecule has 1 atom stereocenters. The summed E-state index contributed by atoms with van der Waals surface area (Å²) in [6.45, 7) is 4.30. The van der Waals surface area contributed by atoms with E-state index in [-0.39, 0.29) is 13.2 Å². The molecule has 3 N–H and O–H groups in total. The van der Waals surface area contributed by atoms with Gasteiger partial charge in [-0.05, 0) is 13.3 Å². The standard InChI is InChI=1S/C9H19NO4/c1-3-4-13-5-6-14-8(11)9(2,12)7-10/h12H,3-7,10H2,1-2H3. The molecule has 0 bridgehead atoms. The molecule has 14 heavy (non-hydrogen) atoms. The van der Waals surface area contributed by atoms with Gasteiger partial charge in [0.1, 0.15) is 6.61 Å². The first kappa shape index (κ1) is 13.4. The number of aliphatic hydroxyl groups is 1. The highest BCUT2D eigenvalue weighted by Crippen LogP contribution is 2.02. The van der Waals surface area contributed by atoms with E-state index in [9.17, 15) is 9.90 Å². The molecule has 1 unspecified atom stereocenters. The maximum Gasteiger partial charge on any atom is 0.339 e. The van der Waals surface area contributed by atoms with Crippen LogP contribution in [0.4, 0.5) is 0 Å². The summed E-state index contributed by atoms with van der Waals surface area (Å²) in [5.74, 6) is -0.708. The van der Waals surface area contributed by atoms with Gasteiger partial charge in [0.2, 0.25) is 0 Å². The van der Waals surface area contributed by atoms with Crippen LogP contribution in [0.1, 0.15) is 20.3 Å². The molecule has 0 radical (unpaired) electrons. The van der Waals surface area contributed by atoms with E-state index in [1.165, 1.54) is 6.92 Å². The third kappa shape index (κ3) is 5.16. The van der Waals surface area contributed by atoms with Crippen LogP contribution in [0.15, 0.2) is 0 Å². The third-order valence-electron chi connectivity index (χ3n) is 1.65. The number of rotatable bonds is 7. The number of esters is 1. The van der Waals surface area contributed by atoms with Gasteiger partial charge in [0.25, 0.3) is 0 Å². The van der Waals surface area contributed by atoms with Crippen molar-refractivity contribution in [1.82, 2.24) is 0 Å². The Hall–Kier alpha value is -0.650. The Morgan fingerprint density at radius 1 is 1.43 bits per heavy atom. The second kappa shape index (κ2) is 6.75. The van der Waals surface area contributed by atoms with Crippen LogP contribution in [-0.4, -0.2) is 43.0 Å². The van der Waals surface area contributed by atoms with Gasteiger partial charge < -0.3 is 20.3 Å². The van der Waals surface area contributed by atoms with Gasteiger partial charge in [-0.1, -0.05) is 6.92 Å². The van der Waals surface area contributed by atoms with Crippen molar-refractivity contribution in [1.29, 1.82) is 0 Å². The zero-order valence-electron chi connectivity index (χ0n) is 8.78. The summed E-state index contributed by atoms with van der Waals surface area (Å²) in [7, 11) is 0. The van der Waals surface area contributed by atoms with Crippen LogP contribution in [0, 0.1) is 0 Å². The fourth-order valence-corrected chi connectivity index (χ4v) is 0.678. The minimum absolute atomic E-state index is 0.148. The second-order valence-electron chi connectivity index (χ2n) is 3.23. The summed E-state index contributed by atoms with van der Waals surface area (Å²) < 4.78 is 9.84. The summed E-state index contributed by atoms with van der Waals surface area (Å²) in [4.78, 5) is 11.1. The summed E-state index contributed by atoms with van der Waals surface area (Å²) in [5.41, 5.74) is 3.58. The summed E-state index contributed by atoms with van der Waals surface area (Å²) >= 11 is 0. The Morgan fingerprint density at radius 2 is 2.07 bits per heavy atom. The lowest BCUT2D eigenvalue weighted by atomic mass is 10.1. The molecule has 0 aromatic heterocycles. The molecule has 5 nitrogen and oxygen atoms in total. The first-order chi connectivity index (χ1) is 6.54. The molecule has 5 heteroatoms. The first-order valence-corrected chi connectivity index (χ1v) is 4.72. The quantitative estimate of drug-likeness (QED) is 0.439. The number of ether oxygens (including phenoxy) is 2. The topological polar surface area (TPSA) is 81.8 Å². The van der Waals surface area contributed by atoms with Gasteiger partial charge in [-0.25, -0.2) is 4.79 Å². The Morgan fingerprint density at radius 3 is 2.57 bits per heavy atom. The largest absolute Gasteiger partial charge is 0.461 e. The molecule has 0 amide bonds. The molecule has 0 aliphatic carbocycles. The van der Waals surface area contributed by atoms with E-state index in [0.29, 0.717) is 13.2 Å².